The standard InChI is InChI=1S/C11H17N3S2/c1-8(5-6-16-2)14-9-3-4-10(11(12)15)13-7-9/h3-4,7-8,14H,5-6H2,1-2H3,(H2,12,15). The molecule has 0 bridgehead atoms. The summed E-state index contributed by atoms with van der Waals surface area (Å²) in [4.78, 5) is 4.51. The molecule has 1 heterocycles. The summed E-state index contributed by atoms with van der Waals surface area (Å²) >= 11 is 6.70. The van der Waals surface area contributed by atoms with Crippen molar-refractivity contribution in [1.29, 1.82) is 0 Å². The van der Waals surface area contributed by atoms with E-state index in [4.69, 9.17) is 18.0 Å². The molecule has 0 amide bonds. The van der Waals surface area contributed by atoms with E-state index in [1.165, 1.54) is 0 Å². The molecule has 0 aliphatic rings. The summed E-state index contributed by atoms with van der Waals surface area (Å²) < 4.78 is 0. The molecule has 1 aromatic heterocycles. The van der Waals surface area contributed by atoms with Gasteiger partial charge in [0.25, 0.3) is 0 Å². The van der Waals surface area contributed by atoms with E-state index in [-0.39, 0.29) is 0 Å². The van der Waals surface area contributed by atoms with Crippen molar-refractivity contribution in [3.63, 3.8) is 0 Å². The minimum atomic E-state index is 0.335. The zero-order valence-corrected chi connectivity index (χ0v) is 11.2. The second kappa shape index (κ2) is 6.70. The highest BCUT2D eigenvalue weighted by Crippen LogP contribution is 2.10. The Morgan fingerprint density at radius 1 is 1.62 bits per heavy atom. The molecule has 3 nitrogen and oxygen atoms in total. The lowest BCUT2D eigenvalue weighted by Gasteiger charge is -2.14. The van der Waals surface area contributed by atoms with Gasteiger partial charge < -0.3 is 11.1 Å². The number of rotatable bonds is 6. The molecule has 5 heteroatoms. The summed E-state index contributed by atoms with van der Waals surface area (Å²) in [7, 11) is 0. The van der Waals surface area contributed by atoms with Crippen LogP contribution in [0.3, 0.4) is 0 Å². The van der Waals surface area contributed by atoms with Crippen LogP contribution in [0.15, 0.2) is 18.3 Å². The van der Waals surface area contributed by atoms with Gasteiger partial charge in [0.1, 0.15) is 4.99 Å². The smallest absolute Gasteiger partial charge is 0.122 e. The van der Waals surface area contributed by atoms with E-state index >= 15 is 0 Å². The first kappa shape index (κ1) is 13.3. The number of hydrogen-bond acceptors (Lipinski definition) is 4. The Morgan fingerprint density at radius 2 is 2.38 bits per heavy atom. The zero-order chi connectivity index (χ0) is 12.0. The summed E-state index contributed by atoms with van der Waals surface area (Å²) in [5.41, 5.74) is 7.15. The quantitative estimate of drug-likeness (QED) is 0.764. The summed E-state index contributed by atoms with van der Waals surface area (Å²) in [6.45, 7) is 2.16. The van der Waals surface area contributed by atoms with E-state index in [1.807, 2.05) is 23.9 Å². The van der Waals surface area contributed by atoms with Crippen molar-refractivity contribution in [2.24, 2.45) is 5.73 Å². The van der Waals surface area contributed by atoms with Crippen LogP contribution in [0.4, 0.5) is 5.69 Å². The number of nitrogens with one attached hydrogen (secondary N) is 1. The summed E-state index contributed by atoms with van der Waals surface area (Å²) in [6, 6.07) is 4.24. The highest BCUT2D eigenvalue weighted by atomic mass is 32.2. The third-order valence-electron chi connectivity index (χ3n) is 2.18. The Morgan fingerprint density at radius 3 is 2.88 bits per heavy atom. The lowest BCUT2D eigenvalue weighted by atomic mass is 10.2. The van der Waals surface area contributed by atoms with Gasteiger partial charge in [-0.1, -0.05) is 12.2 Å². The van der Waals surface area contributed by atoms with Crippen molar-refractivity contribution in [2.45, 2.75) is 19.4 Å². The van der Waals surface area contributed by atoms with E-state index in [0.29, 0.717) is 16.7 Å². The number of pyridine rings is 1. The molecule has 16 heavy (non-hydrogen) atoms. The van der Waals surface area contributed by atoms with Gasteiger partial charge in [-0.25, -0.2) is 0 Å². The number of thioether (sulfide) groups is 1. The summed E-state index contributed by atoms with van der Waals surface area (Å²) in [5, 5.41) is 3.38. The van der Waals surface area contributed by atoms with Crippen molar-refractivity contribution in [2.75, 3.05) is 17.3 Å². The monoisotopic (exact) mass is 255 g/mol. The van der Waals surface area contributed by atoms with Gasteiger partial charge >= 0.3 is 0 Å². The molecule has 88 valence electrons. The maximum Gasteiger partial charge on any atom is 0.122 e. The van der Waals surface area contributed by atoms with Gasteiger partial charge in [-0.15, -0.1) is 0 Å². The fourth-order valence-corrected chi connectivity index (χ4v) is 1.99. The summed E-state index contributed by atoms with van der Waals surface area (Å²) in [5.74, 6) is 1.16. The van der Waals surface area contributed by atoms with E-state index in [0.717, 1.165) is 17.9 Å². The molecule has 0 saturated carbocycles. The van der Waals surface area contributed by atoms with E-state index in [2.05, 4.69) is 23.5 Å². The predicted molar refractivity (Wildman–Crippen MR) is 76.2 cm³/mol. The van der Waals surface area contributed by atoms with Crippen LogP contribution in [0.1, 0.15) is 19.0 Å². The third-order valence-corrected chi connectivity index (χ3v) is 3.04. The number of hydrogen-bond donors (Lipinski definition) is 2. The molecule has 1 rings (SSSR count). The van der Waals surface area contributed by atoms with E-state index in [1.54, 1.807) is 6.20 Å². The SMILES string of the molecule is CSCCC(C)Nc1ccc(C(N)=S)nc1. The number of aromatic nitrogens is 1. The van der Waals surface area contributed by atoms with Crippen molar-refractivity contribution in [3.05, 3.63) is 24.0 Å². The Kier molecular flexibility index (Phi) is 5.55. The lowest BCUT2D eigenvalue weighted by Crippen LogP contribution is -2.17. The van der Waals surface area contributed by atoms with Gasteiger partial charge in [0.2, 0.25) is 0 Å². The Balaban J connectivity index is 2.51. The molecule has 1 unspecified atom stereocenters. The largest absolute Gasteiger partial charge is 0.388 e. The van der Waals surface area contributed by atoms with Gasteiger partial charge in [-0.2, -0.15) is 11.8 Å². The lowest BCUT2D eigenvalue weighted by molar-refractivity contribution is 0.771. The first-order valence-electron chi connectivity index (χ1n) is 5.15. The fraction of sp³-hybridized carbons (Fsp3) is 0.455. The van der Waals surface area contributed by atoms with Crippen LogP contribution < -0.4 is 11.1 Å². The molecule has 0 radical (unpaired) electrons. The molecule has 0 fully saturated rings. The molecule has 0 aromatic carbocycles. The average Bonchev–Trinajstić information content (AvgIpc) is 2.27. The summed E-state index contributed by atoms with van der Waals surface area (Å²) in [6.07, 6.45) is 5.02. The topological polar surface area (TPSA) is 50.9 Å². The Labute approximate surface area is 106 Å². The molecule has 3 N–H and O–H groups in total. The molecule has 0 saturated heterocycles. The highest BCUT2D eigenvalue weighted by Gasteiger charge is 2.02. The first-order chi connectivity index (χ1) is 7.63. The minimum Gasteiger partial charge on any atom is -0.388 e. The fourth-order valence-electron chi connectivity index (χ4n) is 1.28. The number of nitrogens with two attached hydrogens (primary N) is 1. The van der Waals surface area contributed by atoms with Crippen LogP contribution in [-0.2, 0) is 0 Å². The van der Waals surface area contributed by atoms with E-state index in [9.17, 15) is 0 Å². The molecule has 0 aliphatic heterocycles. The van der Waals surface area contributed by atoms with Crippen LogP contribution in [0, 0.1) is 0 Å². The van der Waals surface area contributed by atoms with Crippen LogP contribution in [-0.4, -0.2) is 28.0 Å². The van der Waals surface area contributed by atoms with Gasteiger partial charge in [-0.05, 0) is 37.5 Å². The number of anilines is 1. The first-order valence-corrected chi connectivity index (χ1v) is 6.95. The molecule has 1 aromatic rings. The van der Waals surface area contributed by atoms with Gasteiger partial charge in [-0.3, -0.25) is 4.98 Å². The molecule has 0 spiro atoms. The van der Waals surface area contributed by atoms with Crippen molar-refractivity contribution in [1.82, 2.24) is 4.98 Å². The van der Waals surface area contributed by atoms with Gasteiger partial charge in [0.15, 0.2) is 0 Å². The number of thiocarbonyl (C=S) groups is 1. The van der Waals surface area contributed by atoms with Crippen LogP contribution in [0.5, 0.6) is 0 Å². The van der Waals surface area contributed by atoms with Crippen LogP contribution >= 0.6 is 24.0 Å². The van der Waals surface area contributed by atoms with Crippen molar-refractivity contribution in [3.8, 4) is 0 Å². The predicted octanol–water partition coefficient (Wildman–Crippen LogP) is 2.27. The van der Waals surface area contributed by atoms with Gasteiger partial charge in [0.05, 0.1) is 17.6 Å². The maximum atomic E-state index is 5.48. The molecule has 0 aliphatic carbocycles. The highest BCUT2D eigenvalue weighted by molar-refractivity contribution is 7.98. The number of nitrogens with zero attached hydrogens (tertiary/aromatic N) is 1. The second-order valence-corrected chi connectivity index (χ2v) is 5.05. The van der Waals surface area contributed by atoms with Crippen molar-refractivity contribution >= 4 is 34.7 Å². The van der Waals surface area contributed by atoms with Crippen LogP contribution in [0.25, 0.3) is 0 Å². The van der Waals surface area contributed by atoms with Crippen LogP contribution in [0.2, 0.25) is 0 Å². The van der Waals surface area contributed by atoms with E-state index < -0.39 is 0 Å². The maximum absolute atomic E-state index is 5.48. The third kappa shape index (κ3) is 4.37. The normalized spacial score (nSPS) is 12.1. The molecular weight excluding hydrogens is 238 g/mol. The van der Waals surface area contributed by atoms with Gasteiger partial charge in [0, 0.05) is 6.04 Å². The zero-order valence-electron chi connectivity index (χ0n) is 9.56. The minimum absolute atomic E-state index is 0.335. The molecular formula is C11H17N3S2. The second-order valence-electron chi connectivity index (χ2n) is 3.62. The Bertz CT molecular complexity index is 338. The Hall–Kier alpha value is -0.810. The molecule has 1 atom stereocenters. The van der Waals surface area contributed by atoms with Crippen molar-refractivity contribution < 1.29 is 0 Å². The average molecular weight is 255 g/mol.